The Kier molecular flexibility index (Phi) is 5.42. The number of phenols is 1. The second kappa shape index (κ2) is 7.74. The number of piperidine rings is 1. The van der Waals surface area contributed by atoms with Gasteiger partial charge in [-0.3, -0.25) is 14.5 Å². The maximum Gasteiger partial charge on any atom is 0.257 e. The van der Waals surface area contributed by atoms with E-state index in [-0.39, 0.29) is 28.7 Å². The first-order chi connectivity index (χ1) is 12.4. The Morgan fingerprint density at radius 3 is 2.92 bits per heavy atom. The fourth-order valence-corrected chi connectivity index (χ4v) is 3.39. The van der Waals surface area contributed by atoms with Gasteiger partial charge in [-0.05, 0) is 44.0 Å². The number of hydrogen-bond donors (Lipinski definition) is 2. The third-order valence-corrected chi connectivity index (χ3v) is 4.89. The van der Waals surface area contributed by atoms with Crippen molar-refractivity contribution in [2.75, 3.05) is 13.1 Å². The van der Waals surface area contributed by atoms with Crippen LogP contribution in [-0.4, -0.2) is 39.6 Å². The van der Waals surface area contributed by atoms with Gasteiger partial charge in [-0.25, -0.2) is 0 Å². The molecular formula is C20H25N3O3. The third kappa shape index (κ3) is 4.32. The number of likely N-dealkylation sites (tertiary alicyclic amines) is 1. The highest BCUT2D eigenvalue weighted by Crippen LogP contribution is 2.17. The van der Waals surface area contributed by atoms with Crippen LogP contribution in [0.4, 0.5) is 0 Å². The molecule has 0 bridgehead atoms. The summed E-state index contributed by atoms with van der Waals surface area (Å²) in [5, 5.41) is 12.6. The standard InChI is InChI=1S/C20H25N3O3/c1-14-9-19(25)18(13-22(14)2)20(26)21-16-6-4-8-23(12-16)11-15-5-3-7-17(24)10-15/h3,5,7,9-10,13,16,24H,4,6,8,11-12H2,1-2H3,(H,21,26). The number of aromatic hydroxyl groups is 1. The molecule has 1 atom stereocenters. The number of nitrogens with one attached hydrogen (secondary N) is 1. The molecule has 1 aliphatic heterocycles. The average Bonchev–Trinajstić information content (AvgIpc) is 2.58. The van der Waals surface area contributed by atoms with Crippen molar-refractivity contribution in [3.63, 3.8) is 0 Å². The van der Waals surface area contributed by atoms with E-state index in [1.165, 1.54) is 6.07 Å². The first kappa shape index (κ1) is 18.2. The van der Waals surface area contributed by atoms with E-state index in [1.54, 1.807) is 22.9 Å². The van der Waals surface area contributed by atoms with Gasteiger partial charge in [-0.1, -0.05) is 12.1 Å². The van der Waals surface area contributed by atoms with Crippen molar-refractivity contribution in [3.8, 4) is 5.75 Å². The molecular weight excluding hydrogens is 330 g/mol. The molecule has 1 aromatic carbocycles. The zero-order valence-electron chi connectivity index (χ0n) is 15.2. The van der Waals surface area contributed by atoms with Crippen LogP contribution in [0, 0.1) is 6.92 Å². The fraction of sp³-hybridized carbons (Fsp3) is 0.400. The Hall–Kier alpha value is -2.60. The number of amides is 1. The highest BCUT2D eigenvalue weighted by molar-refractivity contribution is 5.94. The maximum atomic E-state index is 12.5. The molecule has 0 aliphatic carbocycles. The lowest BCUT2D eigenvalue weighted by molar-refractivity contribution is 0.0899. The van der Waals surface area contributed by atoms with E-state index in [2.05, 4.69) is 10.2 Å². The second-order valence-corrected chi connectivity index (χ2v) is 7.02. The summed E-state index contributed by atoms with van der Waals surface area (Å²) in [6.45, 7) is 4.25. The fourth-order valence-electron chi connectivity index (χ4n) is 3.39. The van der Waals surface area contributed by atoms with Crippen LogP contribution in [0.1, 0.15) is 34.5 Å². The van der Waals surface area contributed by atoms with Gasteiger partial charge in [0.15, 0.2) is 5.43 Å². The molecule has 0 spiro atoms. The molecule has 138 valence electrons. The SMILES string of the molecule is Cc1cc(=O)c(C(=O)NC2CCCN(Cc3cccc(O)c3)C2)cn1C. The average molecular weight is 355 g/mol. The molecule has 2 N–H and O–H groups in total. The van der Waals surface area contributed by atoms with Gasteiger partial charge < -0.3 is 15.0 Å². The van der Waals surface area contributed by atoms with E-state index < -0.39 is 0 Å². The molecule has 2 aromatic rings. The predicted octanol–water partition coefficient (Wildman–Crippen LogP) is 1.79. The van der Waals surface area contributed by atoms with E-state index in [9.17, 15) is 14.7 Å². The Morgan fingerprint density at radius 1 is 1.35 bits per heavy atom. The van der Waals surface area contributed by atoms with Gasteiger partial charge in [0.05, 0.1) is 0 Å². The third-order valence-electron chi connectivity index (χ3n) is 4.89. The summed E-state index contributed by atoms with van der Waals surface area (Å²) in [7, 11) is 1.82. The summed E-state index contributed by atoms with van der Waals surface area (Å²) >= 11 is 0. The molecule has 1 unspecified atom stereocenters. The topological polar surface area (TPSA) is 74.6 Å². The molecule has 26 heavy (non-hydrogen) atoms. The summed E-state index contributed by atoms with van der Waals surface area (Å²) in [6.07, 6.45) is 3.48. The van der Waals surface area contributed by atoms with Crippen LogP contribution >= 0.6 is 0 Å². The van der Waals surface area contributed by atoms with Crippen molar-refractivity contribution in [2.45, 2.75) is 32.4 Å². The summed E-state index contributed by atoms with van der Waals surface area (Å²) in [5.74, 6) is -0.0469. The van der Waals surface area contributed by atoms with Crippen molar-refractivity contribution in [1.82, 2.24) is 14.8 Å². The summed E-state index contributed by atoms with van der Waals surface area (Å²) in [4.78, 5) is 26.9. The number of carbonyl (C=O) groups excluding carboxylic acids is 1. The highest BCUT2D eigenvalue weighted by Gasteiger charge is 2.23. The number of carbonyl (C=O) groups is 1. The molecule has 2 heterocycles. The van der Waals surface area contributed by atoms with Crippen LogP contribution in [0.3, 0.4) is 0 Å². The highest BCUT2D eigenvalue weighted by atomic mass is 16.3. The van der Waals surface area contributed by atoms with Crippen molar-refractivity contribution in [1.29, 1.82) is 0 Å². The molecule has 1 aliphatic rings. The van der Waals surface area contributed by atoms with Gasteiger partial charge in [-0.2, -0.15) is 0 Å². The lowest BCUT2D eigenvalue weighted by atomic mass is 10.0. The van der Waals surface area contributed by atoms with E-state index in [0.717, 1.165) is 43.7 Å². The molecule has 1 saturated heterocycles. The van der Waals surface area contributed by atoms with Crippen molar-refractivity contribution < 1.29 is 9.90 Å². The lowest BCUT2D eigenvalue weighted by Crippen LogP contribution is -2.48. The van der Waals surface area contributed by atoms with E-state index in [1.807, 2.05) is 26.1 Å². The lowest BCUT2D eigenvalue weighted by Gasteiger charge is -2.33. The van der Waals surface area contributed by atoms with Crippen LogP contribution in [0.25, 0.3) is 0 Å². The Labute approximate surface area is 153 Å². The van der Waals surface area contributed by atoms with E-state index >= 15 is 0 Å². The van der Waals surface area contributed by atoms with Gasteiger partial charge in [0.2, 0.25) is 0 Å². The zero-order chi connectivity index (χ0) is 18.7. The minimum atomic E-state index is -0.310. The predicted molar refractivity (Wildman–Crippen MR) is 100 cm³/mol. The number of nitrogens with zero attached hydrogens (tertiary/aromatic N) is 2. The zero-order valence-corrected chi connectivity index (χ0v) is 15.2. The number of pyridine rings is 1. The second-order valence-electron chi connectivity index (χ2n) is 7.02. The Bertz CT molecular complexity index is 860. The van der Waals surface area contributed by atoms with Gasteiger partial charge in [0, 0.05) is 44.1 Å². The minimum Gasteiger partial charge on any atom is -0.508 e. The number of aryl methyl sites for hydroxylation is 2. The quantitative estimate of drug-likeness (QED) is 0.877. The number of rotatable bonds is 4. The van der Waals surface area contributed by atoms with Crippen LogP contribution in [0.15, 0.2) is 41.3 Å². The molecule has 6 nitrogen and oxygen atoms in total. The Balaban J connectivity index is 1.64. The molecule has 0 saturated carbocycles. The van der Waals surface area contributed by atoms with Gasteiger partial charge in [-0.15, -0.1) is 0 Å². The van der Waals surface area contributed by atoms with Gasteiger partial charge in [0.1, 0.15) is 11.3 Å². The summed E-state index contributed by atoms with van der Waals surface area (Å²) in [6, 6.07) is 8.74. The van der Waals surface area contributed by atoms with Crippen molar-refractivity contribution in [3.05, 3.63) is 63.6 Å². The van der Waals surface area contributed by atoms with E-state index in [4.69, 9.17) is 0 Å². The molecule has 0 radical (unpaired) electrons. The van der Waals surface area contributed by atoms with Crippen LogP contribution < -0.4 is 10.7 Å². The molecule has 1 fully saturated rings. The van der Waals surface area contributed by atoms with Crippen LogP contribution in [0.2, 0.25) is 0 Å². The maximum absolute atomic E-state index is 12.5. The van der Waals surface area contributed by atoms with Crippen molar-refractivity contribution >= 4 is 5.91 Å². The molecule has 3 rings (SSSR count). The van der Waals surface area contributed by atoms with Gasteiger partial charge in [0.25, 0.3) is 5.91 Å². The number of aromatic nitrogens is 1. The number of benzene rings is 1. The van der Waals surface area contributed by atoms with Crippen LogP contribution in [-0.2, 0) is 13.6 Å². The normalized spacial score (nSPS) is 17.8. The van der Waals surface area contributed by atoms with Gasteiger partial charge >= 0.3 is 0 Å². The Morgan fingerprint density at radius 2 is 2.15 bits per heavy atom. The van der Waals surface area contributed by atoms with Crippen LogP contribution in [0.5, 0.6) is 5.75 Å². The first-order valence-electron chi connectivity index (χ1n) is 8.91. The number of hydrogen-bond acceptors (Lipinski definition) is 4. The minimum absolute atomic E-state index is 0.0135. The van der Waals surface area contributed by atoms with Crippen molar-refractivity contribution in [2.24, 2.45) is 7.05 Å². The number of phenolic OH excluding ortho intramolecular Hbond substituents is 1. The largest absolute Gasteiger partial charge is 0.508 e. The monoisotopic (exact) mass is 355 g/mol. The first-order valence-corrected chi connectivity index (χ1v) is 8.91. The smallest absolute Gasteiger partial charge is 0.257 e. The molecule has 1 amide bonds. The molecule has 6 heteroatoms. The summed E-state index contributed by atoms with van der Waals surface area (Å²) in [5.41, 5.74) is 1.81. The summed E-state index contributed by atoms with van der Waals surface area (Å²) < 4.78 is 1.78. The molecule has 1 aromatic heterocycles. The van der Waals surface area contributed by atoms with E-state index in [0.29, 0.717) is 0 Å².